The third-order valence-corrected chi connectivity index (χ3v) is 6.09. The van der Waals surface area contributed by atoms with Gasteiger partial charge in [-0.15, -0.1) is 0 Å². The Bertz CT molecular complexity index is 909. The number of halogens is 1. The van der Waals surface area contributed by atoms with Crippen molar-refractivity contribution in [2.75, 3.05) is 20.2 Å². The van der Waals surface area contributed by atoms with Crippen molar-refractivity contribution >= 4 is 11.5 Å². The molecule has 3 atom stereocenters. The normalized spacial score (nSPS) is 23.4. The second kappa shape index (κ2) is 8.47. The van der Waals surface area contributed by atoms with Crippen LogP contribution >= 0.6 is 0 Å². The molecule has 0 aromatic heterocycles. The van der Waals surface area contributed by atoms with E-state index < -0.39 is 5.82 Å². The van der Waals surface area contributed by atoms with Crippen molar-refractivity contribution in [3.63, 3.8) is 0 Å². The quantitative estimate of drug-likeness (QED) is 0.787. The zero-order chi connectivity index (χ0) is 20.4. The highest BCUT2D eigenvalue weighted by Gasteiger charge is 2.41. The van der Waals surface area contributed by atoms with E-state index in [-0.39, 0.29) is 30.5 Å². The van der Waals surface area contributed by atoms with Gasteiger partial charge in [-0.05, 0) is 54.2 Å². The number of likely N-dealkylation sites (N-methyl/N-ethyl adjacent to an activating group) is 1. The molecule has 5 heteroatoms. The van der Waals surface area contributed by atoms with Gasteiger partial charge in [0.25, 0.3) is 5.91 Å². The molecule has 2 aromatic carbocycles. The number of hydrogen-bond acceptors (Lipinski definition) is 3. The van der Waals surface area contributed by atoms with Gasteiger partial charge >= 0.3 is 0 Å². The van der Waals surface area contributed by atoms with Gasteiger partial charge in [0.2, 0.25) is 0 Å². The van der Waals surface area contributed by atoms with E-state index in [0.717, 1.165) is 12.8 Å². The molecule has 0 saturated carbocycles. The van der Waals surface area contributed by atoms with Crippen LogP contribution in [-0.2, 0) is 0 Å². The Balaban J connectivity index is 1.45. The molecule has 1 amide bonds. The Morgan fingerprint density at radius 2 is 2.00 bits per heavy atom. The standard InChI is InChI=1S/C24H27FN2O2/c1-27(24(29)19-7-4-8-20(25)13-19)14-21-23(22(15-28)26-21)18-11-9-17(10-12-18)16-5-2-3-6-16/h4-5,7-13,21-23,26,28H,2-3,6,14-15H2,1H3/t21-,22+,23-/m1/s1. The number of aliphatic hydroxyl groups is 1. The minimum Gasteiger partial charge on any atom is -0.395 e. The number of rotatable bonds is 6. The van der Waals surface area contributed by atoms with Gasteiger partial charge in [0.05, 0.1) is 6.61 Å². The molecule has 1 saturated heterocycles. The SMILES string of the molecule is CN(C[C@H]1N[C@@H](CO)[C@@H]1c1ccc(C2=CCCC2)cc1)C(=O)c1cccc(F)c1. The minimum absolute atomic E-state index is 0.0192. The van der Waals surface area contributed by atoms with Gasteiger partial charge in [0, 0.05) is 37.2 Å². The highest BCUT2D eigenvalue weighted by molar-refractivity contribution is 5.94. The molecule has 1 fully saturated rings. The van der Waals surface area contributed by atoms with Crippen LogP contribution in [-0.4, -0.2) is 48.2 Å². The first-order chi connectivity index (χ1) is 14.1. The molecule has 1 heterocycles. The van der Waals surface area contributed by atoms with Crippen molar-refractivity contribution in [3.8, 4) is 0 Å². The second-order valence-corrected chi connectivity index (χ2v) is 8.03. The van der Waals surface area contributed by atoms with E-state index >= 15 is 0 Å². The van der Waals surface area contributed by atoms with Gasteiger partial charge in [-0.1, -0.05) is 36.4 Å². The van der Waals surface area contributed by atoms with Gasteiger partial charge in [0.1, 0.15) is 5.82 Å². The van der Waals surface area contributed by atoms with Crippen molar-refractivity contribution < 1.29 is 14.3 Å². The maximum atomic E-state index is 13.4. The van der Waals surface area contributed by atoms with Crippen LogP contribution in [0.1, 0.15) is 46.7 Å². The topological polar surface area (TPSA) is 52.6 Å². The van der Waals surface area contributed by atoms with Gasteiger partial charge in [-0.2, -0.15) is 0 Å². The van der Waals surface area contributed by atoms with E-state index in [4.69, 9.17) is 0 Å². The van der Waals surface area contributed by atoms with Crippen LogP contribution < -0.4 is 5.32 Å². The monoisotopic (exact) mass is 394 g/mol. The van der Waals surface area contributed by atoms with E-state index in [1.165, 1.54) is 35.3 Å². The molecule has 152 valence electrons. The maximum Gasteiger partial charge on any atom is 0.253 e. The number of allylic oxidation sites excluding steroid dienone is 2. The number of benzene rings is 2. The summed E-state index contributed by atoms with van der Waals surface area (Å²) in [6, 6.07) is 14.4. The third kappa shape index (κ3) is 4.11. The number of carbonyl (C=O) groups excluding carboxylic acids is 1. The number of hydrogen-bond donors (Lipinski definition) is 2. The lowest BCUT2D eigenvalue weighted by atomic mass is 9.77. The summed E-state index contributed by atoms with van der Waals surface area (Å²) in [7, 11) is 1.73. The van der Waals surface area contributed by atoms with Crippen LogP contribution in [0.25, 0.3) is 5.57 Å². The van der Waals surface area contributed by atoms with E-state index in [2.05, 4.69) is 35.7 Å². The smallest absolute Gasteiger partial charge is 0.253 e. The predicted molar refractivity (Wildman–Crippen MR) is 112 cm³/mol. The van der Waals surface area contributed by atoms with E-state index in [9.17, 15) is 14.3 Å². The van der Waals surface area contributed by atoms with Crippen LogP contribution in [0.5, 0.6) is 0 Å². The molecular formula is C24H27FN2O2. The lowest BCUT2D eigenvalue weighted by molar-refractivity contribution is 0.0683. The molecule has 2 N–H and O–H groups in total. The van der Waals surface area contributed by atoms with Crippen molar-refractivity contribution in [3.05, 3.63) is 77.1 Å². The van der Waals surface area contributed by atoms with Crippen molar-refractivity contribution in [2.45, 2.75) is 37.3 Å². The molecule has 29 heavy (non-hydrogen) atoms. The Labute approximate surface area is 171 Å². The summed E-state index contributed by atoms with van der Waals surface area (Å²) < 4.78 is 13.4. The number of amides is 1. The fourth-order valence-corrected chi connectivity index (χ4v) is 4.51. The van der Waals surface area contributed by atoms with Crippen LogP contribution in [0.4, 0.5) is 4.39 Å². The number of aliphatic hydroxyl groups excluding tert-OH is 1. The zero-order valence-corrected chi connectivity index (χ0v) is 16.6. The number of carbonyl (C=O) groups is 1. The van der Waals surface area contributed by atoms with Crippen molar-refractivity contribution in [1.82, 2.24) is 10.2 Å². The Morgan fingerprint density at radius 1 is 1.21 bits per heavy atom. The summed E-state index contributed by atoms with van der Waals surface area (Å²) in [6.07, 6.45) is 5.83. The first-order valence-electron chi connectivity index (χ1n) is 10.2. The summed E-state index contributed by atoms with van der Waals surface area (Å²) in [6.45, 7) is 0.541. The summed E-state index contributed by atoms with van der Waals surface area (Å²) in [4.78, 5) is 14.2. The van der Waals surface area contributed by atoms with Gasteiger partial charge in [-0.3, -0.25) is 4.79 Å². The van der Waals surface area contributed by atoms with Crippen LogP contribution in [0.3, 0.4) is 0 Å². The molecule has 2 aromatic rings. The van der Waals surface area contributed by atoms with Gasteiger partial charge in [-0.25, -0.2) is 4.39 Å². The lowest BCUT2D eigenvalue weighted by Gasteiger charge is -2.47. The minimum atomic E-state index is -0.415. The average molecular weight is 394 g/mol. The largest absolute Gasteiger partial charge is 0.395 e. The predicted octanol–water partition coefficient (Wildman–Crippen LogP) is 3.58. The first-order valence-corrected chi connectivity index (χ1v) is 10.2. The molecule has 0 unspecified atom stereocenters. The fourth-order valence-electron chi connectivity index (χ4n) is 4.51. The van der Waals surface area contributed by atoms with Crippen LogP contribution in [0, 0.1) is 5.82 Å². The Morgan fingerprint density at radius 3 is 2.66 bits per heavy atom. The molecule has 0 spiro atoms. The number of nitrogens with zero attached hydrogens (tertiary/aromatic N) is 1. The molecule has 4 nitrogen and oxygen atoms in total. The van der Waals surface area contributed by atoms with Crippen molar-refractivity contribution in [1.29, 1.82) is 0 Å². The molecule has 0 bridgehead atoms. The van der Waals surface area contributed by atoms with Crippen molar-refractivity contribution in [2.24, 2.45) is 0 Å². The molecule has 2 aliphatic rings. The van der Waals surface area contributed by atoms with E-state index in [1.807, 2.05) is 0 Å². The second-order valence-electron chi connectivity index (χ2n) is 8.03. The van der Waals surface area contributed by atoms with Crippen LogP contribution in [0.15, 0.2) is 54.6 Å². The highest BCUT2D eigenvalue weighted by atomic mass is 19.1. The number of nitrogens with one attached hydrogen (secondary N) is 1. The Hall–Kier alpha value is -2.50. The summed E-state index contributed by atoms with van der Waals surface area (Å²) >= 11 is 0. The molecule has 1 aliphatic carbocycles. The average Bonchev–Trinajstić information content (AvgIpc) is 3.25. The first kappa shape index (κ1) is 19.8. The van der Waals surface area contributed by atoms with Gasteiger partial charge in [0.15, 0.2) is 0 Å². The maximum absolute atomic E-state index is 13.4. The fraction of sp³-hybridized carbons (Fsp3) is 0.375. The molecule has 0 radical (unpaired) electrons. The highest BCUT2D eigenvalue weighted by Crippen LogP contribution is 2.34. The molecule has 4 rings (SSSR count). The third-order valence-electron chi connectivity index (χ3n) is 6.09. The van der Waals surface area contributed by atoms with Gasteiger partial charge < -0.3 is 15.3 Å². The lowest BCUT2D eigenvalue weighted by Crippen LogP contribution is -2.64. The molecule has 1 aliphatic heterocycles. The molecular weight excluding hydrogens is 367 g/mol. The van der Waals surface area contributed by atoms with E-state index in [0.29, 0.717) is 12.1 Å². The summed E-state index contributed by atoms with van der Waals surface area (Å²) in [5.41, 5.74) is 4.20. The zero-order valence-electron chi connectivity index (χ0n) is 16.6. The van der Waals surface area contributed by atoms with E-state index in [1.54, 1.807) is 24.1 Å². The summed E-state index contributed by atoms with van der Waals surface area (Å²) in [5, 5.41) is 13.1. The van der Waals surface area contributed by atoms with Crippen LogP contribution in [0.2, 0.25) is 0 Å². The summed E-state index contributed by atoms with van der Waals surface area (Å²) in [5.74, 6) is -0.489. The Kier molecular flexibility index (Phi) is 5.79.